The number of amides is 2. The van der Waals surface area contributed by atoms with Crippen molar-refractivity contribution in [3.8, 4) is 0 Å². The molecule has 1 N–H and O–H groups in total. The first-order chi connectivity index (χ1) is 19.3. The first-order valence-corrected chi connectivity index (χ1v) is 14.3. The molecule has 0 aliphatic carbocycles. The van der Waals surface area contributed by atoms with E-state index in [1.807, 2.05) is 78.2 Å². The molecule has 1 aromatic heterocycles. The second-order valence-corrected chi connectivity index (χ2v) is 11.4. The Kier molecular flexibility index (Phi) is 8.18. The van der Waals surface area contributed by atoms with Crippen LogP contribution in [0.5, 0.6) is 0 Å². The lowest BCUT2D eigenvalue weighted by atomic mass is 10.00. The van der Waals surface area contributed by atoms with Gasteiger partial charge >= 0.3 is 11.9 Å². The van der Waals surface area contributed by atoms with Crippen LogP contribution in [0.3, 0.4) is 0 Å². The number of carbonyl (C=O) groups excluding carboxylic acids is 4. The largest absolute Gasteiger partial charge is 0.461 e. The maximum absolute atomic E-state index is 13.9. The Balaban J connectivity index is 1.44. The minimum absolute atomic E-state index is 0.0411. The van der Waals surface area contributed by atoms with Crippen LogP contribution < -0.4 is 5.32 Å². The topological polar surface area (TPSA) is 102 Å². The smallest absolute Gasteiger partial charge is 0.356 e. The van der Waals surface area contributed by atoms with Crippen LogP contribution in [0.1, 0.15) is 29.0 Å². The summed E-state index contributed by atoms with van der Waals surface area (Å²) in [5.41, 5.74) is 1.75. The lowest BCUT2D eigenvalue weighted by Crippen LogP contribution is -2.70. The number of benzene rings is 2. The van der Waals surface area contributed by atoms with Gasteiger partial charge in [-0.25, -0.2) is 4.79 Å². The van der Waals surface area contributed by atoms with Crippen molar-refractivity contribution in [3.63, 3.8) is 0 Å². The fourth-order valence-electron chi connectivity index (χ4n) is 4.54. The predicted molar refractivity (Wildman–Crippen MR) is 152 cm³/mol. The van der Waals surface area contributed by atoms with Crippen molar-refractivity contribution in [3.05, 3.63) is 117 Å². The van der Waals surface area contributed by atoms with Crippen LogP contribution in [0.15, 0.2) is 101 Å². The number of thioether (sulfide) groups is 1. The fourth-order valence-corrected chi connectivity index (χ4v) is 6.46. The van der Waals surface area contributed by atoms with Crippen molar-refractivity contribution in [2.75, 3.05) is 6.61 Å². The molecule has 0 bridgehead atoms. The quantitative estimate of drug-likeness (QED) is 0.299. The first kappa shape index (κ1) is 27.4. The number of nitrogens with zero attached hydrogens (tertiary/aromatic N) is 1. The van der Waals surface area contributed by atoms with Crippen molar-refractivity contribution in [2.45, 2.75) is 30.9 Å². The number of fused-ring (bicyclic) bond motifs is 1. The van der Waals surface area contributed by atoms with Gasteiger partial charge in [0.15, 0.2) is 6.10 Å². The maximum atomic E-state index is 13.9. The normalized spacial score (nSPS) is 18.2. The van der Waals surface area contributed by atoms with E-state index in [1.165, 1.54) is 34.9 Å². The highest BCUT2D eigenvalue weighted by atomic mass is 32.2. The van der Waals surface area contributed by atoms with Crippen LogP contribution in [0, 0.1) is 0 Å². The summed E-state index contributed by atoms with van der Waals surface area (Å²) in [6.45, 7) is 5.08. The van der Waals surface area contributed by atoms with Crippen molar-refractivity contribution in [1.82, 2.24) is 10.2 Å². The Morgan fingerprint density at radius 2 is 1.65 bits per heavy atom. The second kappa shape index (κ2) is 11.9. The van der Waals surface area contributed by atoms with Crippen molar-refractivity contribution in [2.24, 2.45) is 0 Å². The van der Waals surface area contributed by atoms with Gasteiger partial charge in [-0.2, -0.15) is 0 Å². The Morgan fingerprint density at radius 1 is 1.00 bits per heavy atom. The van der Waals surface area contributed by atoms with Gasteiger partial charge in [0.1, 0.15) is 23.7 Å². The molecule has 2 amide bonds. The average molecular weight is 575 g/mol. The van der Waals surface area contributed by atoms with Crippen molar-refractivity contribution in [1.29, 1.82) is 0 Å². The number of hydrogen-bond acceptors (Lipinski definition) is 8. The van der Waals surface area contributed by atoms with Gasteiger partial charge < -0.3 is 14.8 Å². The maximum Gasteiger partial charge on any atom is 0.356 e. The fraction of sp³-hybridized carbons (Fsp3) is 0.200. The zero-order chi connectivity index (χ0) is 28.2. The Morgan fingerprint density at radius 3 is 2.23 bits per heavy atom. The molecule has 1 fully saturated rings. The molecule has 1 saturated heterocycles. The third-order valence-electron chi connectivity index (χ3n) is 6.44. The molecule has 3 aromatic rings. The van der Waals surface area contributed by atoms with Gasteiger partial charge in [-0.05, 0) is 22.6 Å². The van der Waals surface area contributed by atoms with Crippen LogP contribution in [0.4, 0.5) is 0 Å². The van der Waals surface area contributed by atoms with E-state index in [-0.39, 0.29) is 30.2 Å². The lowest BCUT2D eigenvalue weighted by Gasteiger charge is -2.50. The minimum atomic E-state index is -0.841. The molecule has 2 aliphatic heterocycles. The number of β-lactam (4-membered cyclic amide) rings is 1. The summed E-state index contributed by atoms with van der Waals surface area (Å²) in [6.07, 6.45) is -0.603. The number of nitrogens with one attached hydrogen (secondary N) is 1. The molecule has 204 valence electrons. The Hall–Kier alpha value is -4.15. The average Bonchev–Trinajstić information content (AvgIpc) is 3.47. The highest BCUT2D eigenvalue weighted by Crippen LogP contribution is 2.46. The molecule has 10 heteroatoms. The molecule has 0 radical (unpaired) electrons. The summed E-state index contributed by atoms with van der Waals surface area (Å²) in [5, 5.41) is 4.08. The second-order valence-electron chi connectivity index (χ2n) is 9.16. The molecular weight excluding hydrogens is 548 g/mol. The molecule has 3 heterocycles. The summed E-state index contributed by atoms with van der Waals surface area (Å²) in [4.78, 5) is 54.2. The van der Waals surface area contributed by atoms with Crippen LogP contribution in [0.2, 0.25) is 0 Å². The van der Waals surface area contributed by atoms with Crippen LogP contribution in [-0.2, 0) is 35.1 Å². The summed E-state index contributed by atoms with van der Waals surface area (Å²) in [7, 11) is 0. The van der Waals surface area contributed by atoms with Crippen molar-refractivity contribution < 1.29 is 28.7 Å². The van der Waals surface area contributed by atoms with E-state index in [1.54, 1.807) is 0 Å². The number of esters is 2. The zero-order valence-corrected chi connectivity index (χ0v) is 23.2. The van der Waals surface area contributed by atoms with Gasteiger partial charge in [0.05, 0.1) is 6.42 Å². The molecule has 0 spiro atoms. The summed E-state index contributed by atoms with van der Waals surface area (Å²) >= 11 is 2.69. The monoisotopic (exact) mass is 574 g/mol. The van der Waals surface area contributed by atoms with Crippen LogP contribution in [-0.4, -0.2) is 46.7 Å². The van der Waals surface area contributed by atoms with E-state index < -0.39 is 35.4 Å². The predicted octanol–water partition coefficient (Wildman–Crippen LogP) is 4.35. The van der Waals surface area contributed by atoms with E-state index in [0.717, 1.165) is 16.0 Å². The minimum Gasteiger partial charge on any atom is -0.461 e. The Bertz CT molecular complexity index is 1430. The van der Waals surface area contributed by atoms with E-state index in [4.69, 9.17) is 9.47 Å². The van der Waals surface area contributed by atoms with E-state index in [9.17, 15) is 19.2 Å². The van der Waals surface area contributed by atoms with Crippen LogP contribution in [0.25, 0.3) is 0 Å². The van der Waals surface area contributed by atoms with Gasteiger partial charge in [0.25, 0.3) is 5.91 Å². The molecule has 2 atom stereocenters. The van der Waals surface area contributed by atoms with E-state index in [2.05, 4.69) is 11.9 Å². The highest BCUT2D eigenvalue weighted by molar-refractivity contribution is 8.04. The number of ether oxygens (including phenoxy) is 2. The van der Waals surface area contributed by atoms with Crippen LogP contribution >= 0.6 is 23.1 Å². The molecule has 1 unspecified atom stereocenters. The van der Waals surface area contributed by atoms with Gasteiger partial charge in [-0.3, -0.25) is 19.3 Å². The first-order valence-electron chi connectivity index (χ1n) is 12.5. The number of hydrogen-bond donors (Lipinski definition) is 1. The number of carbonyl (C=O) groups is 4. The summed E-state index contributed by atoms with van der Waals surface area (Å²) < 4.78 is 11.3. The zero-order valence-electron chi connectivity index (χ0n) is 21.6. The lowest BCUT2D eigenvalue weighted by molar-refractivity contribution is -0.154. The SMILES string of the molecule is C=C1S[C@@H]2C(NC(=O)Cc3cccs3)C(=O)N2C(C(=O)OC(c2ccccc2)c2ccccc2)=C1COC(C)=O. The van der Waals surface area contributed by atoms with Gasteiger partial charge in [-0.15, -0.1) is 11.3 Å². The summed E-state index contributed by atoms with van der Waals surface area (Å²) in [6, 6.07) is 21.4. The third-order valence-corrected chi connectivity index (χ3v) is 8.58. The Labute approximate surface area is 239 Å². The molecule has 5 rings (SSSR count). The third kappa shape index (κ3) is 5.73. The molecular formula is C30H26N2O6S2. The molecule has 2 aromatic carbocycles. The van der Waals surface area contributed by atoms with Gasteiger partial charge in [0.2, 0.25) is 5.91 Å². The van der Waals surface area contributed by atoms with Gasteiger partial charge in [0, 0.05) is 22.3 Å². The number of thiophene rings is 1. The molecule has 40 heavy (non-hydrogen) atoms. The number of rotatable bonds is 9. The molecule has 8 nitrogen and oxygen atoms in total. The van der Waals surface area contributed by atoms with E-state index in [0.29, 0.717) is 4.91 Å². The standard InChI is InChI=1S/C30H26N2O6S2/c1-18-23(17-37-19(2)33)26(30(36)38-27(20-10-5-3-6-11-20)21-12-7-4-8-13-21)32-28(35)25(29(32)40-18)31-24(34)16-22-14-9-15-39-22/h3-15,25,27,29H,1,16-17H2,2H3,(H,31,34)/t25?,29-/m1/s1. The molecule has 2 aliphatic rings. The van der Waals surface area contributed by atoms with Gasteiger partial charge in [-0.1, -0.05) is 85.1 Å². The molecule has 0 saturated carbocycles. The van der Waals surface area contributed by atoms with E-state index >= 15 is 0 Å². The summed E-state index contributed by atoms with van der Waals surface area (Å²) in [5.74, 6) is -2.05. The van der Waals surface area contributed by atoms with Crippen molar-refractivity contribution >= 4 is 46.9 Å². The highest BCUT2D eigenvalue weighted by Gasteiger charge is 2.55.